The molecule has 2 heterocycles. The lowest BCUT2D eigenvalue weighted by Gasteiger charge is -2.21. The Kier molecular flexibility index (Phi) is 3.53. The smallest absolute Gasteiger partial charge is 0.287 e. The zero-order chi connectivity index (χ0) is 12.3. The Morgan fingerprint density at radius 2 is 2.47 bits per heavy atom. The first-order valence-electron chi connectivity index (χ1n) is 5.69. The molecule has 6 nitrogen and oxygen atoms in total. The molecule has 0 aromatic carbocycles. The lowest BCUT2D eigenvalue weighted by molar-refractivity contribution is -0.385. The number of hydrogen-bond acceptors (Lipinski definition) is 5. The Labute approximate surface area is 99.8 Å². The van der Waals surface area contributed by atoms with E-state index in [1.165, 1.54) is 18.7 Å². The molecule has 0 spiro atoms. The fraction of sp³-hybridized carbons (Fsp3) is 0.545. The van der Waals surface area contributed by atoms with Crippen LogP contribution in [0.1, 0.15) is 6.42 Å². The van der Waals surface area contributed by atoms with Crippen LogP contribution in [0.25, 0.3) is 0 Å². The van der Waals surface area contributed by atoms with Crippen molar-refractivity contribution in [2.24, 2.45) is 5.92 Å². The normalized spacial score (nSPS) is 19.2. The molecule has 1 aliphatic heterocycles. The first-order chi connectivity index (χ1) is 8.16. The summed E-state index contributed by atoms with van der Waals surface area (Å²) < 4.78 is 0. The highest BCUT2D eigenvalue weighted by molar-refractivity contribution is 5.42. The van der Waals surface area contributed by atoms with E-state index in [4.69, 9.17) is 0 Å². The number of rotatable bonds is 4. The quantitative estimate of drug-likeness (QED) is 0.624. The molecule has 1 aromatic rings. The van der Waals surface area contributed by atoms with Crippen molar-refractivity contribution in [3.63, 3.8) is 0 Å². The van der Waals surface area contributed by atoms with Gasteiger partial charge in [-0.15, -0.1) is 0 Å². The van der Waals surface area contributed by atoms with Gasteiger partial charge in [0.25, 0.3) is 5.69 Å². The predicted molar refractivity (Wildman–Crippen MR) is 65.1 cm³/mol. The van der Waals surface area contributed by atoms with Gasteiger partial charge in [0.05, 0.1) is 4.92 Å². The van der Waals surface area contributed by atoms with Crippen LogP contribution in [0.2, 0.25) is 0 Å². The van der Waals surface area contributed by atoms with Crippen LogP contribution in [0, 0.1) is 16.0 Å². The van der Waals surface area contributed by atoms with Crippen molar-refractivity contribution in [2.75, 3.05) is 31.6 Å². The van der Waals surface area contributed by atoms with Crippen LogP contribution in [0.3, 0.4) is 0 Å². The summed E-state index contributed by atoms with van der Waals surface area (Å²) in [5.41, 5.74) is 0.0321. The average molecular weight is 236 g/mol. The molecule has 1 fully saturated rings. The lowest BCUT2D eigenvalue weighted by atomic mass is 10.1. The Morgan fingerprint density at radius 1 is 1.65 bits per heavy atom. The van der Waals surface area contributed by atoms with E-state index in [1.54, 1.807) is 6.07 Å². The summed E-state index contributed by atoms with van der Waals surface area (Å²) in [4.78, 5) is 16.2. The molecule has 0 bridgehead atoms. The summed E-state index contributed by atoms with van der Waals surface area (Å²) in [6.45, 7) is 3.04. The monoisotopic (exact) mass is 236 g/mol. The Bertz CT molecular complexity index is 387. The minimum atomic E-state index is -0.433. The molecule has 17 heavy (non-hydrogen) atoms. The van der Waals surface area contributed by atoms with Crippen molar-refractivity contribution in [2.45, 2.75) is 6.42 Å². The molecule has 0 saturated carbocycles. The van der Waals surface area contributed by atoms with Crippen molar-refractivity contribution >= 4 is 11.5 Å². The molecule has 1 saturated heterocycles. The lowest BCUT2D eigenvalue weighted by Crippen LogP contribution is -2.27. The Morgan fingerprint density at radius 3 is 3.00 bits per heavy atom. The average Bonchev–Trinajstić information content (AvgIpc) is 2.82. The maximum absolute atomic E-state index is 10.5. The van der Waals surface area contributed by atoms with Crippen molar-refractivity contribution in [3.05, 3.63) is 28.4 Å². The molecule has 1 aromatic heterocycles. The summed E-state index contributed by atoms with van der Waals surface area (Å²) >= 11 is 0. The van der Waals surface area contributed by atoms with Gasteiger partial charge in [0.2, 0.25) is 0 Å². The van der Waals surface area contributed by atoms with E-state index in [0.717, 1.165) is 25.5 Å². The molecule has 1 unspecified atom stereocenters. The van der Waals surface area contributed by atoms with Crippen LogP contribution >= 0.6 is 0 Å². The largest absolute Gasteiger partial charge is 0.359 e. The van der Waals surface area contributed by atoms with Crippen LogP contribution in [0.4, 0.5) is 11.5 Å². The number of nitro groups is 1. The minimum absolute atomic E-state index is 0.0321. The molecular formula is C11H16N4O2. The van der Waals surface area contributed by atoms with Crippen LogP contribution in [-0.4, -0.2) is 36.6 Å². The zero-order valence-corrected chi connectivity index (χ0v) is 9.80. The highest BCUT2D eigenvalue weighted by Gasteiger charge is 2.17. The van der Waals surface area contributed by atoms with Gasteiger partial charge in [-0.1, -0.05) is 0 Å². The number of nitrogens with zero attached hydrogens (tertiary/aromatic N) is 3. The number of nitrogens with one attached hydrogen (secondary N) is 1. The van der Waals surface area contributed by atoms with Crippen molar-refractivity contribution in [1.29, 1.82) is 0 Å². The van der Waals surface area contributed by atoms with Crippen molar-refractivity contribution in [3.8, 4) is 0 Å². The molecule has 1 atom stereocenters. The van der Waals surface area contributed by atoms with E-state index in [1.807, 2.05) is 11.9 Å². The zero-order valence-electron chi connectivity index (χ0n) is 9.80. The maximum atomic E-state index is 10.5. The predicted octanol–water partition coefficient (Wildman–Crippen LogP) is 1.04. The second-order valence-corrected chi connectivity index (χ2v) is 4.37. The van der Waals surface area contributed by atoms with Gasteiger partial charge in [0.1, 0.15) is 12.0 Å². The molecule has 0 amide bonds. The van der Waals surface area contributed by atoms with Gasteiger partial charge in [0.15, 0.2) is 0 Å². The second kappa shape index (κ2) is 5.09. The molecule has 1 N–H and O–H groups in total. The first-order valence-corrected chi connectivity index (χ1v) is 5.69. The van der Waals surface area contributed by atoms with Crippen molar-refractivity contribution in [1.82, 2.24) is 10.3 Å². The fourth-order valence-electron chi connectivity index (χ4n) is 2.06. The molecular weight excluding hydrogens is 220 g/mol. The number of pyridine rings is 1. The van der Waals surface area contributed by atoms with E-state index in [0.29, 0.717) is 5.92 Å². The highest BCUT2D eigenvalue weighted by atomic mass is 16.6. The van der Waals surface area contributed by atoms with E-state index in [2.05, 4.69) is 10.3 Å². The van der Waals surface area contributed by atoms with E-state index in [9.17, 15) is 10.1 Å². The standard InChI is InChI=1S/C11H16N4O2/c1-14(8-9-4-5-12-6-9)11-3-2-10(7-13-11)15(16)17/h2-3,7,9,12H,4-6,8H2,1H3. The number of hydrogen-bond donors (Lipinski definition) is 1. The molecule has 1 aliphatic rings. The van der Waals surface area contributed by atoms with E-state index >= 15 is 0 Å². The highest BCUT2D eigenvalue weighted by Crippen LogP contribution is 2.17. The summed E-state index contributed by atoms with van der Waals surface area (Å²) in [5.74, 6) is 1.42. The molecule has 0 aliphatic carbocycles. The first kappa shape index (κ1) is 11.8. The van der Waals surface area contributed by atoms with Gasteiger partial charge < -0.3 is 10.2 Å². The number of anilines is 1. The molecule has 92 valence electrons. The minimum Gasteiger partial charge on any atom is -0.359 e. The third kappa shape index (κ3) is 2.91. The Hall–Kier alpha value is -1.69. The van der Waals surface area contributed by atoms with Gasteiger partial charge in [-0.2, -0.15) is 0 Å². The van der Waals surface area contributed by atoms with E-state index < -0.39 is 4.92 Å². The topological polar surface area (TPSA) is 71.3 Å². The van der Waals surface area contributed by atoms with Gasteiger partial charge in [-0.25, -0.2) is 4.98 Å². The Balaban J connectivity index is 1.98. The molecule has 2 rings (SSSR count). The van der Waals surface area contributed by atoms with Crippen LogP contribution in [0.15, 0.2) is 18.3 Å². The second-order valence-electron chi connectivity index (χ2n) is 4.37. The van der Waals surface area contributed by atoms with Crippen LogP contribution < -0.4 is 10.2 Å². The molecule has 6 heteroatoms. The maximum Gasteiger partial charge on any atom is 0.287 e. The van der Waals surface area contributed by atoms with Gasteiger partial charge in [-0.3, -0.25) is 10.1 Å². The van der Waals surface area contributed by atoms with Gasteiger partial charge >= 0.3 is 0 Å². The third-order valence-corrected chi connectivity index (χ3v) is 3.03. The summed E-state index contributed by atoms with van der Waals surface area (Å²) in [6.07, 6.45) is 2.48. The van der Waals surface area contributed by atoms with Crippen LogP contribution in [-0.2, 0) is 0 Å². The van der Waals surface area contributed by atoms with E-state index in [-0.39, 0.29) is 5.69 Å². The summed E-state index contributed by atoms with van der Waals surface area (Å²) in [5, 5.41) is 13.8. The third-order valence-electron chi connectivity index (χ3n) is 3.03. The van der Waals surface area contributed by atoms with Crippen LogP contribution in [0.5, 0.6) is 0 Å². The summed E-state index contributed by atoms with van der Waals surface area (Å²) in [7, 11) is 1.96. The summed E-state index contributed by atoms with van der Waals surface area (Å²) in [6, 6.07) is 3.19. The fourth-order valence-corrected chi connectivity index (χ4v) is 2.06. The van der Waals surface area contributed by atoms with Gasteiger partial charge in [-0.05, 0) is 31.5 Å². The SMILES string of the molecule is CN(CC1CCNC1)c1ccc([N+](=O)[O-])cn1. The molecule has 0 radical (unpaired) electrons. The number of aromatic nitrogens is 1. The van der Waals surface area contributed by atoms with Gasteiger partial charge in [0, 0.05) is 19.7 Å². The van der Waals surface area contributed by atoms with Crippen molar-refractivity contribution < 1.29 is 4.92 Å².